The highest BCUT2D eigenvalue weighted by Crippen LogP contribution is 2.41. The van der Waals surface area contributed by atoms with Crippen molar-refractivity contribution in [1.82, 2.24) is 0 Å². The molecule has 0 spiro atoms. The number of carboxylic acids is 2. The number of ether oxygens (including phenoxy) is 2. The molecule has 3 N–H and O–H groups in total. The molecule has 0 radical (unpaired) electrons. The lowest BCUT2D eigenvalue weighted by atomic mass is 9.81. The molecule has 4 rings (SSSR count). The zero-order valence-electron chi connectivity index (χ0n) is 27.1. The Bertz CT molecular complexity index is 1520. The van der Waals surface area contributed by atoms with E-state index in [0.29, 0.717) is 37.7 Å². The number of rotatable bonds is 14. The zero-order chi connectivity index (χ0) is 35.5. The second kappa shape index (κ2) is 17.0. The van der Waals surface area contributed by atoms with Crippen LogP contribution in [0.4, 0.5) is 23.2 Å². The van der Waals surface area contributed by atoms with Gasteiger partial charge in [-0.05, 0) is 67.8 Å². The Balaban J connectivity index is 0.000000804. The highest BCUT2D eigenvalue weighted by molar-refractivity contribution is 5.96. The predicted molar refractivity (Wildman–Crippen MR) is 168 cm³/mol. The minimum atomic E-state index is -5.19. The van der Waals surface area contributed by atoms with Gasteiger partial charge in [-0.2, -0.15) is 13.2 Å². The lowest BCUT2D eigenvalue weighted by Crippen LogP contribution is -2.83. The van der Waals surface area contributed by atoms with E-state index in [1.807, 2.05) is 43.0 Å². The minimum Gasteiger partial charge on any atom is -0.542 e. The molecular weight excluding hydrogens is 636 g/mol. The Labute approximate surface area is 276 Å². The number of halogens is 4. The SMILES string of the molecule is CCOc1cc(C[NH2+]CCC2(CC)CC(=O)N(c3ccc(CC(=O)O)cc3)C2)cc(OCC)c1-c1ccc(F)cc1.O=C([O-])C(F)(F)F. The van der Waals surface area contributed by atoms with E-state index >= 15 is 0 Å². The van der Waals surface area contributed by atoms with Gasteiger partial charge in [0.05, 0.1) is 31.7 Å². The normalized spacial score (nSPS) is 15.9. The van der Waals surface area contributed by atoms with E-state index in [0.717, 1.165) is 53.9 Å². The number of hydrogen-bond acceptors (Lipinski definition) is 6. The first kappa shape index (κ1) is 37.8. The van der Waals surface area contributed by atoms with Crippen molar-refractivity contribution in [3.05, 3.63) is 77.6 Å². The summed E-state index contributed by atoms with van der Waals surface area (Å²) in [6.07, 6.45) is -2.93. The van der Waals surface area contributed by atoms with Crippen molar-refractivity contribution in [2.45, 2.75) is 59.2 Å². The number of carbonyl (C=O) groups is 3. The number of alkyl halides is 3. The Hall–Kier alpha value is -4.65. The summed E-state index contributed by atoms with van der Waals surface area (Å²) in [6, 6.07) is 17.7. The van der Waals surface area contributed by atoms with E-state index < -0.39 is 18.1 Å². The molecule has 1 aliphatic rings. The van der Waals surface area contributed by atoms with E-state index in [-0.39, 0.29) is 23.6 Å². The third-order valence-electron chi connectivity index (χ3n) is 8.02. The molecular formula is C35H40F4N2O7. The summed E-state index contributed by atoms with van der Waals surface area (Å²) < 4.78 is 57.1. The Morgan fingerprint density at radius 1 is 0.958 bits per heavy atom. The maximum atomic E-state index is 13.6. The van der Waals surface area contributed by atoms with Crippen molar-refractivity contribution < 1.29 is 56.9 Å². The lowest BCUT2D eigenvalue weighted by molar-refractivity contribution is -0.672. The fraction of sp³-hybridized carbons (Fsp3) is 0.400. The van der Waals surface area contributed by atoms with Crippen molar-refractivity contribution in [2.75, 3.05) is 31.2 Å². The van der Waals surface area contributed by atoms with Crippen LogP contribution in [0.15, 0.2) is 60.7 Å². The quantitative estimate of drug-likeness (QED) is 0.190. The lowest BCUT2D eigenvalue weighted by Gasteiger charge is -2.27. The maximum Gasteiger partial charge on any atom is 0.430 e. The predicted octanol–water partition coefficient (Wildman–Crippen LogP) is 4.50. The van der Waals surface area contributed by atoms with Crippen LogP contribution in [0.5, 0.6) is 11.5 Å². The van der Waals surface area contributed by atoms with Gasteiger partial charge in [0.15, 0.2) is 0 Å². The largest absolute Gasteiger partial charge is 0.542 e. The molecule has 1 fully saturated rings. The molecule has 0 aliphatic carbocycles. The molecule has 3 aromatic rings. The molecule has 1 aliphatic heterocycles. The van der Waals surface area contributed by atoms with Crippen LogP contribution in [0.25, 0.3) is 11.1 Å². The first-order valence-corrected chi connectivity index (χ1v) is 15.6. The number of nitrogens with zero attached hydrogens (tertiary/aromatic N) is 1. The van der Waals surface area contributed by atoms with Crippen molar-refractivity contribution in [3.63, 3.8) is 0 Å². The fourth-order valence-electron chi connectivity index (χ4n) is 5.56. The van der Waals surface area contributed by atoms with Crippen LogP contribution in [0.1, 0.15) is 51.2 Å². The molecule has 1 saturated heterocycles. The van der Waals surface area contributed by atoms with Crippen LogP contribution in [-0.2, 0) is 27.3 Å². The van der Waals surface area contributed by atoms with Crippen LogP contribution < -0.4 is 24.8 Å². The molecule has 13 heteroatoms. The van der Waals surface area contributed by atoms with Crippen molar-refractivity contribution in [2.24, 2.45) is 5.41 Å². The standard InChI is InChI=1S/C33H39FN2O5.C2HF3O2/c1-4-33(20-30(37)36(22-33)27-13-7-23(8-14-27)19-31(38)39)15-16-35-21-24-17-28(40-5-2)32(29(18-24)41-6-3)25-9-11-26(34)12-10-25;3-2(4,5)1(6)7/h7-14,17-18,35H,4-6,15-16,19-22H2,1-3H3,(H,38,39);(H,6,7). The van der Waals surface area contributed by atoms with E-state index in [1.165, 1.54) is 12.1 Å². The van der Waals surface area contributed by atoms with Gasteiger partial charge in [0.25, 0.3) is 0 Å². The number of carbonyl (C=O) groups excluding carboxylic acids is 2. The number of carboxylic acid groups (broad SMARTS) is 2. The average Bonchev–Trinajstić information content (AvgIpc) is 3.36. The van der Waals surface area contributed by atoms with Crippen LogP contribution >= 0.6 is 0 Å². The van der Waals surface area contributed by atoms with E-state index in [9.17, 15) is 27.2 Å². The molecule has 0 saturated carbocycles. The first-order chi connectivity index (χ1) is 22.7. The Morgan fingerprint density at radius 3 is 2.00 bits per heavy atom. The minimum absolute atomic E-state index is 0.0317. The molecule has 1 heterocycles. The van der Waals surface area contributed by atoms with Gasteiger partial charge in [0, 0.05) is 36.1 Å². The topological polar surface area (TPSA) is 133 Å². The summed E-state index contributed by atoms with van der Waals surface area (Å²) in [5.74, 6) is -2.64. The van der Waals surface area contributed by atoms with Gasteiger partial charge >= 0.3 is 12.1 Å². The Kier molecular flexibility index (Phi) is 13.4. The third kappa shape index (κ3) is 10.4. The summed E-state index contributed by atoms with van der Waals surface area (Å²) >= 11 is 0. The van der Waals surface area contributed by atoms with Gasteiger partial charge in [-0.25, -0.2) is 4.39 Å². The van der Waals surface area contributed by atoms with Crippen molar-refractivity contribution in [3.8, 4) is 22.6 Å². The number of amides is 1. The third-order valence-corrected chi connectivity index (χ3v) is 8.02. The van der Waals surface area contributed by atoms with Crippen LogP contribution in [-0.4, -0.2) is 55.4 Å². The Morgan fingerprint density at radius 2 is 1.52 bits per heavy atom. The first-order valence-electron chi connectivity index (χ1n) is 15.6. The van der Waals surface area contributed by atoms with Crippen LogP contribution in [0, 0.1) is 11.2 Å². The maximum absolute atomic E-state index is 13.6. The number of hydrogen-bond donors (Lipinski definition) is 2. The number of anilines is 1. The van der Waals surface area contributed by atoms with E-state index in [1.54, 1.807) is 24.3 Å². The van der Waals surface area contributed by atoms with Gasteiger partial charge in [-0.3, -0.25) is 9.59 Å². The van der Waals surface area contributed by atoms with Gasteiger partial charge < -0.3 is 34.7 Å². The molecule has 0 bridgehead atoms. The zero-order valence-corrected chi connectivity index (χ0v) is 27.1. The average molecular weight is 677 g/mol. The van der Waals surface area contributed by atoms with Gasteiger partial charge in [0.2, 0.25) is 5.91 Å². The molecule has 1 amide bonds. The van der Waals surface area contributed by atoms with E-state index in [4.69, 9.17) is 24.5 Å². The fourth-order valence-corrected chi connectivity index (χ4v) is 5.56. The second-order valence-corrected chi connectivity index (χ2v) is 11.4. The molecule has 260 valence electrons. The van der Waals surface area contributed by atoms with Crippen molar-refractivity contribution in [1.29, 1.82) is 0 Å². The smallest absolute Gasteiger partial charge is 0.430 e. The summed E-state index contributed by atoms with van der Waals surface area (Å²) in [6.45, 7) is 9.26. The molecule has 1 atom stereocenters. The highest BCUT2D eigenvalue weighted by atomic mass is 19.4. The molecule has 48 heavy (non-hydrogen) atoms. The number of benzene rings is 3. The number of aliphatic carboxylic acids is 2. The summed E-state index contributed by atoms with van der Waals surface area (Å²) in [5.41, 5.74) is 4.16. The van der Waals surface area contributed by atoms with Crippen molar-refractivity contribution >= 4 is 23.5 Å². The molecule has 9 nitrogen and oxygen atoms in total. The van der Waals surface area contributed by atoms with Gasteiger partial charge in [0.1, 0.15) is 29.8 Å². The van der Waals surface area contributed by atoms with E-state index in [2.05, 4.69) is 12.2 Å². The number of nitrogens with two attached hydrogens (primary N) is 1. The van der Waals surface area contributed by atoms with Gasteiger partial charge in [-0.15, -0.1) is 0 Å². The van der Waals surface area contributed by atoms with Crippen LogP contribution in [0.2, 0.25) is 0 Å². The van der Waals surface area contributed by atoms with Gasteiger partial charge in [-0.1, -0.05) is 31.2 Å². The molecule has 0 aromatic heterocycles. The summed E-state index contributed by atoms with van der Waals surface area (Å²) in [4.78, 5) is 34.6. The monoisotopic (exact) mass is 676 g/mol. The molecule has 1 unspecified atom stereocenters. The molecule has 3 aromatic carbocycles. The highest BCUT2D eigenvalue weighted by Gasteiger charge is 2.42. The second-order valence-electron chi connectivity index (χ2n) is 11.4. The summed E-state index contributed by atoms with van der Waals surface area (Å²) in [7, 11) is 0. The van der Waals surface area contributed by atoms with Crippen LogP contribution in [0.3, 0.4) is 0 Å². The summed E-state index contributed by atoms with van der Waals surface area (Å²) in [5, 5.41) is 20.1. The number of quaternary nitrogens is 1.